The lowest BCUT2D eigenvalue weighted by molar-refractivity contribution is -0.382. The molecule has 2 unspecified atom stereocenters. The van der Waals surface area contributed by atoms with Crippen molar-refractivity contribution in [3.05, 3.63) is 0 Å². The quantitative estimate of drug-likeness (QED) is 0.512. The van der Waals surface area contributed by atoms with Crippen LogP contribution in [-0.4, -0.2) is 66.5 Å². The van der Waals surface area contributed by atoms with E-state index in [0.29, 0.717) is 32.1 Å². The molecule has 0 aromatic rings. The first-order valence-corrected chi connectivity index (χ1v) is 13.6. The molecule has 6 aliphatic rings. The van der Waals surface area contributed by atoms with Gasteiger partial charge in [-0.2, -0.15) is 8.42 Å². The molecule has 0 radical (unpaired) electrons. The van der Waals surface area contributed by atoms with E-state index in [9.17, 15) is 28.5 Å². The lowest BCUT2D eigenvalue weighted by Crippen LogP contribution is -2.79. The largest absolute Gasteiger partial charge is 0.392 e. The van der Waals surface area contributed by atoms with Crippen molar-refractivity contribution in [3.63, 3.8) is 0 Å². The van der Waals surface area contributed by atoms with Crippen LogP contribution in [0.25, 0.3) is 0 Å². The Kier molecular flexibility index (Phi) is 4.59. The zero-order valence-electron chi connectivity index (χ0n) is 19.5. The second-order valence-corrected chi connectivity index (χ2v) is 13.8. The highest BCUT2D eigenvalue weighted by atomic mass is 32.2. The van der Waals surface area contributed by atoms with E-state index in [2.05, 4.69) is 0 Å². The van der Waals surface area contributed by atoms with Crippen molar-refractivity contribution in [1.82, 2.24) is 0 Å². The van der Waals surface area contributed by atoms with Crippen molar-refractivity contribution in [1.29, 1.82) is 0 Å². The number of aliphatic hydroxyl groups excluding tert-OH is 2. The number of ether oxygens (including phenoxy) is 1. The Labute approximate surface area is 189 Å². The summed E-state index contributed by atoms with van der Waals surface area (Å²) in [6.07, 6.45) is 0.104. The van der Waals surface area contributed by atoms with E-state index in [4.69, 9.17) is 8.92 Å². The predicted molar refractivity (Wildman–Crippen MR) is 114 cm³/mol. The van der Waals surface area contributed by atoms with Gasteiger partial charge in [-0.15, -0.1) is 0 Å². The molecule has 4 aliphatic carbocycles. The third kappa shape index (κ3) is 2.36. The van der Waals surface area contributed by atoms with E-state index in [1.54, 1.807) is 13.8 Å². The van der Waals surface area contributed by atoms with E-state index in [1.807, 2.05) is 13.8 Å². The number of fused-ring (bicyclic) bond motifs is 3. The maximum atomic E-state index is 14.1. The molecule has 2 heterocycles. The van der Waals surface area contributed by atoms with Gasteiger partial charge in [-0.25, -0.2) is 0 Å². The molecule has 182 valence electrons. The number of rotatable bonds is 2. The first-order chi connectivity index (χ1) is 14.6. The van der Waals surface area contributed by atoms with Crippen LogP contribution in [0.1, 0.15) is 59.8 Å². The monoisotopic (exact) mass is 472 g/mol. The van der Waals surface area contributed by atoms with Crippen LogP contribution in [0.3, 0.4) is 0 Å². The highest BCUT2D eigenvalue weighted by molar-refractivity contribution is 7.86. The number of carbonyl (C=O) groups is 1. The molecule has 2 aliphatic heterocycles. The van der Waals surface area contributed by atoms with E-state index in [1.165, 1.54) is 0 Å². The van der Waals surface area contributed by atoms with Gasteiger partial charge in [0.15, 0.2) is 5.78 Å². The summed E-state index contributed by atoms with van der Waals surface area (Å²) in [5, 5.41) is 35.5. The number of hydrogen-bond acceptors (Lipinski definition) is 8. The molecule has 2 spiro atoms. The van der Waals surface area contributed by atoms with Gasteiger partial charge in [0, 0.05) is 16.7 Å². The number of Topliss-reactive ketones (excluding diaryl/α,β-unsaturated/α-hetero) is 1. The minimum atomic E-state index is -3.82. The summed E-state index contributed by atoms with van der Waals surface area (Å²) in [4.78, 5) is 14.1. The van der Waals surface area contributed by atoms with Crippen LogP contribution in [-0.2, 0) is 23.8 Å². The Balaban J connectivity index is 1.83. The van der Waals surface area contributed by atoms with Crippen LogP contribution in [0, 0.1) is 39.4 Å². The van der Waals surface area contributed by atoms with Gasteiger partial charge in [0.2, 0.25) is 5.79 Å². The summed E-state index contributed by atoms with van der Waals surface area (Å²) in [5.41, 5.74) is -4.02. The van der Waals surface area contributed by atoms with Crippen molar-refractivity contribution in [2.45, 2.75) is 83.9 Å². The average molecular weight is 473 g/mol. The third-order valence-corrected chi connectivity index (χ3v) is 10.8. The molecule has 9 atom stereocenters. The zero-order chi connectivity index (χ0) is 23.7. The van der Waals surface area contributed by atoms with Crippen LogP contribution in [0.2, 0.25) is 0 Å². The van der Waals surface area contributed by atoms with Gasteiger partial charge in [-0.1, -0.05) is 27.7 Å². The summed E-state index contributed by atoms with van der Waals surface area (Å²) in [5.74, 6) is -4.03. The Hall–Kier alpha value is -0.580. The first-order valence-electron chi connectivity index (χ1n) is 11.7. The fraction of sp³-hybridized carbons (Fsp3) is 0.957. The van der Waals surface area contributed by atoms with Crippen molar-refractivity contribution in [2.24, 2.45) is 39.4 Å². The molecule has 2 saturated heterocycles. The number of hydrogen-bond donors (Lipinski definition) is 3. The molecule has 3 N–H and O–H groups in total. The molecular formula is C23H36O8S. The van der Waals surface area contributed by atoms with Crippen LogP contribution in [0.5, 0.6) is 0 Å². The molecule has 8 nitrogen and oxygen atoms in total. The molecule has 6 fully saturated rings. The van der Waals surface area contributed by atoms with Gasteiger partial charge in [-0.05, 0) is 49.4 Å². The zero-order valence-corrected chi connectivity index (χ0v) is 20.3. The second-order valence-electron chi connectivity index (χ2n) is 12.2. The lowest BCUT2D eigenvalue weighted by Gasteiger charge is -2.69. The van der Waals surface area contributed by atoms with Crippen LogP contribution in [0.15, 0.2) is 0 Å². The number of carbonyl (C=O) groups excluding carboxylic acids is 1. The molecule has 32 heavy (non-hydrogen) atoms. The van der Waals surface area contributed by atoms with Gasteiger partial charge in [0.1, 0.15) is 11.5 Å². The summed E-state index contributed by atoms with van der Waals surface area (Å²) in [6, 6.07) is 0. The molecular weight excluding hydrogens is 436 g/mol. The standard InChI is InChI=1S/C23H36O8S/c1-19(2)9-8-14(31-32(5,28)29)21-10-11-30-23(27,17(25)15(19)21)22-13(21)7-6-12(16(22)24)20(3,4)18(22)26/h12-17,24-25,27H,6-11H2,1-5H3/t12-,13+,14+,15-,16?,17+,21-,22?,23-/m1/s1. The lowest BCUT2D eigenvalue weighted by atomic mass is 9.36. The van der Waals surface area contributed by atoms with Crippen LogP contribution >= 0.6 is 0 Å². The summed E-state index contributed by atoms with van der Waals surface area (Å²) in [6.45, 7) is 7.66. The normalized spacial score (nSPS) is 53.4. The summed E-state index contributed by atoms with van der Waals surface area (Å²) in [7, 11) is -3.82. The second kappa shape index (κ2) is 6.34. The van der Waals surface area contributed by atoms with Crippen LogP contribution < -0.4 is 0 Å². The van der Waals surface area contributed by atoms with Crippen molar-refractivity contribution in [2.75, 3.05) is 12.9 Å². The summed E-state index contributed by atoms with van der Waals surface area (Å²) < 4.78 is 36.3. The SMILES string of the molecule is CC1(C)CC[C@H](OS(C)(=O)=O)[C@]23CCO[C@](O)([C@@H](O)[C@H]12)C12C(=O)C(C)(C)[C@H](CC[C@H]13)C2O. The van der Waals surface area contributed by atoms with Gasteiger partial charge >= 0.3 is 0 Å². The number of aliphatic hydroxyl groups is 3. The Bertz CT molecular complexity index is 959. The molecule has 6 rings (SSSR count). The molecule has 0 amide bonds. The predicted octanol–water partition coefficient (Wildman–Crippen LogP) is 1.22. The Morgan fingerprint density at radius 3 is 2.31 bits per heavy atom. The molecule has 0 aromatic carbocycles. The average Bonchev–Trinajstić information content (AvgIpc) is 2.82. The third-order valence-electron chi connectivity index (χ3n) is 10.2. The first kappa shape index (κ1) is 23.2. The van der Waals surface area contributed by atoms with Gasteiger partial charge in [-0.3, -0.25) is 8.98 Å². The fourth-order valence-corrected chi connectivity index (χ4v) is 9.93. The molecule has 4 saturated carbocycles. The highest BCUT2D eigenvalue weighted by Gasteiger charge is 2.87. The minimum absolute atomic E-state index is 0.0487. The van der Waals surface area contributed by atoms with E-state index >= 15 is 0 Å². The Morgan fingerprint density at radius 2 is 1.69 bits per heavy atom. The fourth-order valence-electron chi connectivity index (χ4n) is 9.24. The highest BCUT2D eigenvalue weighted by Crippen LogP contribution is 2.77. The molecule has 9 heteroatoms. The molecule has 4 bridgehead atoms. The van der Waals surface area contributed by atoms with Crippen molar-refractivity contribution in [3.8, 4) is 0 Å². The van der Waals surface area contributed by atoms with E-state index in [0.717, 1.165) is 6.26 Å². The smallest absolute Gasteiger partial charge is 0.264 e. The molecule has 0 aromatic heterocycles. The maximum Gasteiger partial charge on any atom is 0.264 e. The maximum absolute atomic E-state index is 14.1. The summed E-state index contributed by atoms with van der Waals surface area (Å²) >= 11 is 0. The van der Waals surface area contributed by atoms with Crippen molar-refractivity contribution >= 4 is 15.9 Å². The number of ketones is 1. The van der Waals surface area contributed by atoms with Gasteiger partial charge in [0.05, 0.1) is 25.1 Å². The van der Waals surface area contributed by atoms with Gasteiger partial charge in [0.25, 0.3) is 10.1 Å². The van der Waals surface area contributed by atoms with E-state index in [-0.39, 0.29) is 18.3 Å². The Morgan fingerprint density at radius 1 is 1.03 bits per heavy atom. The minimum Gasteiger partial charge on any atom is -0.392 e. The van der Waals surface area contributed by atoms with Gasteiger partial charge < -0.3 is 20.1 Å². The van der Waals surface area contributed by atoms with Crippen LogP contribution in [0.4, 0.5) is 0 Å². The van der Waals surface area contributed by atoms with E-state index < -0.39 is 67.7 Å². The van der Waals surface area contributed by atoms with Crippen molar-refractivity contribution < 1.29 is 37.5 Å². The topological polar surface area (TPSA) is 130 Å².